The average Bonchev–Trinajstić information content (AvgIpc) is 2.59. The topological polar surface area (TPSA) is 80.4 Å². The van der Waals surface area contributed by atoms with Gasteiger partial charge in [-0.25, -0.2) is 0 Å². The van der Waals surface area contributed by atoms with E-state index in [-0.39, 0.29) is 5.69 Å². The molecule has 0 fully saturated rings. The first-order valence-corrected chi connectivity index (χ1v) is 7.52. The highest BCUT2D eigenvalue weighted by Gasteiger charge is 2.12. The summed E-state index contributed by atoms with van der Waals surface area (Å²) in [5.74, 6) is 4.67. The summed E-state index contributed by atoms with van der Waals surface area (Å²) >= 11 is 0. The molecule has 0 heterocycles. The second kappa shape index (κ2) is 7.93. The predicted molar refractivity (Wildman–Crippen MR) is 90.8 cm³/mol. The zero-order valence-electron chi connectivity index (χ0n) is 13.2. The molecular weight excluding hydrogens is 306 g/mol. The summed E-state index contributed by atoms with van der Waals surface area (Å²) in [6.45, 7) is 1.66. The van der Waals surface area contributed by atoms with Gasteiger partial charge < -0.3 is 5.11 Å². The van der Waals surface area contributed by atoms with E-state index in [0.717, 1.165) is 23.1 Å². The van der Waals surface area contributed by atoms with Crippen molar-refractivity contribution in [2.75, 3.05) is 0 Å². The molecule has 122 valence electrons. The van der Waals surface area contributed by atoms with Gasteiger partial charge in [0.15, 0.2) is 0 Å². The number of benzene rings is 2. The quantitative estimate of drug-likeness (QED) is 0.516. The summed E-state index contributed by atoms with van der Waals surface area (Å²) in [5, 5.41) is 19.5. The zero-order valence-corrected chi connectivity index (χ0v) is 13.2. The van der Waals surface area contributed by atoms with E-state index in [9.17, 15) is 14.9 Å². The fourth-order valence-corrected chi connectivity index (χ4v) is 2.15. The first kappa shape index (κ1) is 17.2. The molecule has 0 saturated carbocycles. The second-order valence-electron chi connectivity index (χ2n) is 5.41. The molecule has 0 radical (unpaired) electrons. The van der Waals surface area contributed by atoms with Crippen molar-refractivity contribution in [3.63, 3.8) is 0 Å². The number of rotatable bonds is 5. The second-order valence-corrected chi connectivity index (χ2v) is 5.41. The van der Waals surface area contributed by atoms with E-state index >= 15 is 0 Å². The Morgan fingerprint density at radius 3 is 2.33 bits per heavy atom. The highest BCUT2D eigenvalue weighted by Crippen LogP contribution is 2.16. The maximum atomic E-state index is 10.9. The molecule has 0 aliphatic carbocycles. The molecule has 0 bridgehead atoms. The minimum Gasteiger partial charge on any atom is -0.481 e. The molecule has 0 aliphatic rings. The standard InChI is InChI=1S/C19H17NO4/c1-14(19(21)22)17-10-6-15(7-11-17)4-2-3-5-16-8-12-18(13-9-16)20(23)24/h6-14H,2,4H2,1H3,(H,21,22). The number of carboxylic acids is 1. The number of nitrogens with zero attached hydrogens (tertiary/aromatic N) is 1. The van der Waals surface area contributed by atoms with E-state index in [0.29, 0.717) is 6.42 Å². The fourth-order valence-electron chi connectivity index (χ4n) is 2.15. The molecule has 5 nitrogen and oxygen atoms in total. The van der Waals surface area contributed by atoms with Crippen molar-refractivity contribution in [3.8, 4) is 11.8 Å². The molecule has 1 unspecified atom stereocenters. The van der Waals surface area contributed by atoms with Crippen LogP contribution in [0, 0.1) is 22.0 Å². The van der Waals surface area contributed by atoms with E-state index in [1.165, 1.54) is 12.1 Å². The molecule has 0 saturated heterocycles. The number of hydrogen-bond acceptors (Lipinski definition) is 3. The molecule has 0 amide bonds. The normalized spacial score (nSPS) is 11.2. The van der Waals surface area contributed by atoms with Crippen LogP contribution in [0.1, 0.15) is 36.0 Å². The first-order chi connectivity index (χ1) is 11.5. The van der Waals surface area contributed by atoms with Gasteiger partial charge in [-0.3, -0.25) is 14.9 Å². The van der Waals surface area contributed by atoms with Crippen LogP contribution in [0.25, 0.3) is 0 Å². The SMILES string of the molecule is CC(C(=O)O)c1ccc(CCC#Cc2ccc([N+](=O)[O-])cc2)cc1. The monoisotopic (exact) mass is 323 g/mol. The van der Waals surface area contributed by atoms with Gasteiger partial charge in [-0.1, -0.05) is 36.1 Å². The van der Waals surface area contributed by atoms with E-state index in [1.54, 1.807) is 19.1 Å². The Labute approximate surface area is 140 Å². The van der Waals surface area contributed by atoms with Crippen LogP contribution in [0.3, 0.4) is 0 Å². The number of hydrogen-bond donors (Lipinski definition) is 1. The Balaban J connectivity index is 1.90. The highest BCUT2D eigenvalue weighted by molar-refractivity contribution is 5.75. The molecule has 24 heavy (non-hydrogen) atoms. The highest BCUT2D eigenvalue weighted by atomic mass is 16.6. The lowest BCUT2D eigenvalue weighted by Gasteiger charge is -2.07. The van der Waals surface area contributed by atoms with E-state index in [1.807, 2.05) is 24.3 Å². The molecule has 2 aromatic rings. The predicted octanol–water partition coefficient (Wildman–Crippen LogP) is 3.77. The number of nitro benzene ring substituents is 1. The summed E-state index contributed by atoms with van der Waals surface area (Å²) in [6, 6.07) is 13.6. The van der Waals surface area contributed by atoms with Gasteiger partial charge in [0.05, 0.1) is 10.8 Å². The Morgan fingerprint density at radius 1 is 1.17 bits per heavy atom. The van der Waals surface area contributed by atoms with E-state index in [4.69, 9.17) is 5.11 Å². The van der Waals surface area contributed by atoms with Crippen LogP contribution in [0.5, 0.6) is 0 Å². The van der Waals surface area contributed by atoms with Gasteiger partial charge >= 0.3 is 5.97 Å². The molecular formula is C19H17NO4. The van der Waals surface area contributed by atoms with Crippen molar-refractivity contribution in [2.24, 2.45) is 0 Å². The lowest BCUT2D eigenvalue weighted by atomic mass is 9.99. The molecule has 1 atom stereocenters. The van der Waals surface area contributed by atoms with Gasteiger partial charge in [0.2, 0.25) is 0 Å². The first-order valence-electron chi connectivity index (χ1n) is 7.52. The molecule has 0 spiro atoms. The Morgan fingerprint density at radius 2 is 1.79 bits per heavy atom. The van der Waals surface area contributed by atoms with Gasteiger partial charge in [-0.2, -0.15) is 0 Å². The van der Waals surface area contributed by atoms with E-state index < -0.39 is 16.8 Å². The zero-order chi connectivity index (χ0) is 17.5. The van der Waals surface area contributed by atoms with Gasteiger partial charge in [0.25, 0.3) is 5.69 Å². The van der Waals surface area contributed by atoms with E-state index in [2.05, 4.69) is 11.8 Å². The van der Waals surface area contributed by atoms with Crippen molar-refractivity contribution in [1.29, 1.82) is 0 Å². The summed E-state index contributed by atoms with van der Waals surface area (Å²) in [5.41, 5.74) is 2.67. The van der Waals surface area contributed by atoms with Crippen molar-refractivity contribution in [3.05, 3.63) is 75.3 Å². The van der Waals surface area contributed by atoms with Crippen molar-refractivity contribution in [2.45, 2.75) is 25.7 Å². The number of carbonyl (C=O) groups is 1. The van der Waals surface area contributed by atoms with Crippen LogP contribution in [0.4, 0.5) is 5.69 Å². The molecule has 2 rings (SSSR count). The number of carboxylic acid groups (broad SMARTS) is 1. The van der Waals surface area contributed by atoms with Crippen LogP contribution < -0.4 is 0 Å². The summed E-state index contributed by atoms with van der Waals surface area (Å²) in [6.07, 6.45) is 1.42. The molecule has 0 aliphatic heterocycles. The van der Waals surface area contributed by atoms with Crippen molar-refractivity contribution >= 4 is 11.7 Å². The van der Waals surface area contributed by atoms with Gasteiger partial charge in [0, 0.05) is 24.1 Å². The van der Waals surface area contributed by atoms with Crippen LogP contribution in [-0.4, -0.2) is 16.0 Å². The smallest absolute Gasteiger partial charge is 0.310 e. The third-order valence-corrected chi connectivity index (χ3v) is 3.70. The summed E-state index contributed by atoms with van der Waals surface area (Å²) in [4.78, 5) is 21.1. The van der Waals surface area contributed by atoms with Gasteiger partial charge in [0.1, 0.15) is 0 Å². The van der Waals surface area contributed by atoms with Crippen LogP contribution in [0.15, 0.2) is 48.5 Å². The molecule has 1 N–H and O–H groups in total. The maximum absolute atomic E-state index is 10.9. The number of aliphatic carboxylic acids is 1. The third kappa shape index (κ3) is 4.68. The lowest BCUT2D eigenvalue weighted by Crippen LogP contribution is -2.07. The average molecular weight is 323 g/mol. The largest absolute Gasteiger partial charge is 0.481 e. The third-order valence-electron chi connectivity index (χ3n) is 3.70. The number of non-ortho nitro benzene ring substituents is 1. The van der Waals surface area contributed by atoms with Crippen LogP contribution in [-0.2, 0) is 11.2 Å². The molecule has 5 heteroatoms. The van der Waals surface area contributed by atoms with Crippen LogP contribution in [0.2, 0.25) is 0 Å². The minimum atomic E-state index is -0.836. The van der Waals surface area contributed by atoms with Gasteiger partial charge in [-0.15, -0.1) is 0 Å². The Hall–Kier alpha value is -3.13. The number of nitro groups is 1. The molecule has 0 aromatic heterocycles. The molecule has 2 aromatic carbocycles. The summed E-state index contributed by atoms with van der Waals surface area (Å²) < 4.78 is 0. The fraction of sp³-hybridized carbons (Fsp3) is 0.211. The van der Waals surface area contributed by atoms with Crippen molar-refractivity contribution in [1.82, 2.24) is 0 Å². The van der Waals surface area contributed by atoms with Crippen LogP contribution >= 0.6 is 0 Å². The Bertz CT molecular complexity index is 783. The Kier molecular flexibility index (Phi) is 5.69. The van der Waals surface area contributed by atoms with Crippen molar-refractivity contribution < 1.29 is 14.8 Å². The van der Waals surface area contributed by atoms with Gasteiger partial charge in [-0.05, 0) is 36.6 Å². The maximum Gasteiger partial charge on any atom is 0.310 e. The summed E-state index contributed by atoms with van der Waals surface area (Å²) in [7, 11) is 0. The lowest BCUT2D eigenvalue weighted by molar-refractivity contribution is -0.384. The minimum absolute atomic E-state index is 0.0521. The number of aryl methyl sites for hydroxylation is 1.